The second-order valence-corrected chi connectivity index (χ2v) is 3.63. The van der Waals surface area contributed by atoms with Crippen LogP contribution in [0.25, 0.3) is 0 Å². The van der Waals surface area contributed by atoms with Crippen molar-refractivity contribution in [2.24, 2.45) is 0 Å². The van der Waals surface area contributed by atoms with E-state index in [2.05, 4.69) is 6.58 Å². The van der Waals surface area contributed by atoms with Gasteiger partial charge in [0.2, 0.25) is 5.91 Å². The molecule has 0 aliphatic rings. The molecule has 0 N–H and O–H groups in total. The van der Waals surface area contributed by atoms with Gasteiger partial charge in [-0.05, 0) is 18.6 Å². The van der Waals surface area contributed by atoms with Crippen molar-refractivity contribution in [3.63, 3.8) is 0 Å². The van der Waals surface area contributed by atoms with Crippen LogP contribution in [0.4, 0.5) is 0 Å². The Labute approximate surface area is 111 Å². The number of hydrogen-bond donors (Lipinski definition) is 0. The highest BCUT2D eigenvalue weighted by Gasteiger charge is 2.10. The first kappa shape index (κ1) is 16.2. The molecule has 2 heteroatoms. The van der Waals surface area contributed by atoms with Gasteiger partial charge < -0.3 is 4.90 Å². The van der Waals surface area contributed by atoms with E-state index in [9.17, 15) is 4.79 Å². The number of hydrogen-bond acceptors (Lipinski definition) is 1. The highest BCUT2D eigenvalue weighted by molar-refractivity contribution is 5.75. The first-order valence-corrected chi connectivity index (χ1v) is 6.26. The van der Waals surface area contributed by atoms with Crippen LogP contribution in [0.5, 0.6) is 0 Å². The summed E-state index contributed by atoms with van der Waals surface area (Å²) in [6.07, 6.45) is 3.53. The van der Waals surface area contributed by atoms with Crippen molar-refractivity contribution in [3.8, 4) is 0 Å². The quantitative estimate of drug-likeness (QED) is 0.730. The SMILES string of the molecule is C=C/C=C(\C)N(Cc1ccccc1)C(C)=O.CC. The molecule has 98 valence electrons. The molecule has 0 saturated heterocycles. The lowest BCUT2D eigenvalue weighted by Gasteiger charge is -2.21. The van der Waals surface area contributed by atoms with Crippen molar-refractivity contribution < 1.29 is 4.79 Å². The Hall–Kier alpha value is -1.83. The normalized spacial score (nSPS) is 10.1. The fraction of sp³-hybridized carbons (Fsp3) is 0.312. The summed E-state index contributed by atoms with van der Waals surface area (Å²) in [4.78, 5) is 13.2. The Morgan fingerprint density at radius 3 is 2.22 bits per heavy atom. The topological polar surface area (TPSA) is 20.3 Å². The lowest BCUT2D eigenvalue weighted by atomic mass is 10.2. The van der Waals surface area contributed by atoms with E-state index in [-0.39, 0.29) is 5.91 Å². The van der Waals surface area contributed by atoms with Crippen LogP contribution in [-0.2, 0) is 11.3 Å². The summed E-state index contributed by atoms with van der Waals surface area (Å²) in [6.45, 7) is 11.7. The van der Waals surface area contributed by atoms with Crippen molar-refractivity contribution in [3.05, 3.63) is 60.3 Å². The number of carbonyl (C=O) groups is 1. The van der Waals surface area contributed by atoms with E-state index in [1.54, 1.807) is 17.9 Å². The van der Waals surface area contributed by atoms with Crippen LogP contribution in [0.2, 0.25) is 0 Å². The van der Waals surface area contributed by atoms with E-state index >= 15 is 0 Å². The summed E-state index contributed by atoms with van der Waals surface area (Å²) in [5.74, 6) is 0.0412. The van der Waals surface area contributed by atoms with Gasteiger partial charge in [0, 0.05) is 12.6 Å². The van der Waals surface area contributed by atoms with Gasteiger partial charge in [-0.25, -0.2) is 0 Å². The Bertz CT molecular complexity index is 393. The van der Waals surface area contributed by atoms with Gasteiger partial charge in [0.05, 0.1) is 6.54 Å². The minimum atomic E-state index is 0.0412. The molecule has 0 aliphatic heterocycles. The van der Waals surface area contributed by atoms with Gasteiger partial charge in [-0.3, -0.25) is 4.79 Å². The fourth-order valence-electron chi connectivity index (χ4n) is 1.51. The van der Waals surface area contributed by atoms with Gasteiger partial charge in [0.25, 0.3) is 0 Å². The van der Waals surface area contributed by atoms with Gasteiger partial charge in [-0.1, -0.05) is 56.8 Å². The highest BCUT2D eigenvalue weighted by Crippen LogP contribution is 2.11. The standard InChI is InChI=1S/C14H17NO.C2H6/c1-4-8-12(2)15(13(3)16)11-14-9-6-5-7-10-14;1-2/h4-10H,1,11H2,2-3H3;1-2H3/b12-8+;. The second kappa shape index (κ2) is 9.23. The van der Waals surface area contributed by atoms with E-state index in [1.165, 1.54) is 0 Å². The van der Waals surface area contributed by atoms with Gasteiger partial charge in [-0.2, -0.15) is 0 Å². The number of benzene rings is 1. The van der Waals surface area contributed by atoms with Crippen LogP contribution < -0.4 is 0 Å². The van der Waals surface area contributed by atoms with Gasteiger partial charge >= 0.3 is 0 Å². The molecule has 0 radical (unpaired) electrons. The summed E-state index contributed by atoms with van der Waals surface area (Å²) in [5, 5.41) is 0. The third kappa shape index (κ3) is 5.48. The fourth-order valence-corrected chi connectivity index (χ4v) is 1.51. The maximum atomic E-state index is 11.5. The van der Waals surface area contributed by atoms with Gasteiger partial charge in [-0.15, -0.1) is 0 Å². The third-order valence-corrected chi connectivity index (χ3v) is 2.35. The van der Waals surface area contributed by atoms with E-state index in [0.29, 0.717) is 6.54 Å². The molecular formula is C16H23NO. The molecule has 1 aromatic rings. The zero-order valence-electron chi connectivity index (χ0n) is 11.8. The lowest BCUT2D eigenvalue weighted by molar-refractivity contribution is -0.127. The van der Waals surface area contributed by atoms with Crippen molar-refractivity contribution in [2.75, 3.05) is 0 Å². The average molecular weight is 245 g/mol. The summed E-state index contributed by atoms with van der Waals surface area (Å²) < 4.78 is 0. The summed E-state index contributed by atoms with van der Waals surface area (Å²) >= 11 is 0. The molecular weight excluding hydrogens is 222 g/mol. The molecule has 2 nitrogen and oxygen atoms in total. The molecule has 0 atom stereocenters. The Morgan fingerprint density at radius 2 is 1.78 bits per heavy atom. The molecule has 0 aromatic heterocycles. The molecule has 1 rings (SSSR count). The molecule has 0 bridgehead atoms. The number of nitrogens with zero attached hydrogens (tertiary/aromatic N) is 1. The molecule has 1 aromatic carbocycles. The molecule has 0 saturated carbocycles. The van der Waals surface area contributed by atoms with Crippen molar-refractivity contribution >= 4 is 5.91 Å². The molecule has 18 heavy (non-hydrogen) atoms. The molecule has 0 aliphatic carbocycles. The molecule has 1 amide bonds. The van der Waals surface area contributed by atoms with Crippen LogP contribution >= 0.6 is 0 Å². The summed E-state index contributed by atoms with van der Waals surface area (Å²) in [7, 11) is 0. The number of carbonyl (C=O) groups excluding carboxylic acids is 1. The Morgan fingerprint density at radius 1 is 1.22 bits per heavy atom. The van der Waals surface area contributed by atoms with Crippen LogP contribution in [0.3, 0.4) is 0 Å². The Kier molecular flexibility index (Phi) is 8.29. The number of allylic oxidation sites excluding steroid dienone is 3. The smallest absolute Gasteiger partial charge is 0.223 e. The molecule has 0 fully saturated rings. The van der Waals surface area contributed by atoms with Crippen molar-refractivity contribution in [2.45, 2.75) is 34.2 Å². The maximum absolute atomic E-state index is 11.5. The second-order valence-electron chi connectivity index (χ2n) is 3.63. The summed E-state index contributed by atoms with van der Waals surface area (Å²) in [5.41, 5.74) is 2.03. The predicted molar refractivity (Wildman–Crippen MR) is 78.0 cm³/mol. The lowest BCUT2D eigenvalue weighted by Crippen LogP contribution is -2.26. The van der Waals surface area contributed by atoms with E-state index in [4.69, 9.17) is 0 Å². The van der Waals surface area contributed by atoms with E-state index in [0.717, 1.165) is 11.3 Å². The van der Waals surface area contributed by atoms with Crippen molar-refractivity contribution in [1.29, 1.82) is 0 Å². The van der Waals surface area contributed by atoms with Crippen LogP contribution in [-0.4, -0.2) is 10.8 Å². The third-order valence-electron chi connectivity index (χ3n) is 2.35. The van der Waals surface area contributed by atoms with Crippen molar-refractivity contribution in [1.82, 2.24) is 4.90 Å². The Balaban J connectivity index is 0.00000137. The number of amides is 1. The predicted octanol–water partition coefficient (Wildman–Crippen LogP) is 4.15. The monoisotopic (exact) mass is 245 g/mol. The van der Waals surface area contributed by atoms with Crippen LogP contribution in [0, 0.1) is 0 Å². The molecule has 0 heterocycles. The van der Waals surface area contributed by atoms with Gasteiger partial charge in [0.1, 0.15) is 0 Å². The first-order valence-electron chi connectivity index (χ1n) is 6.26. The maximum Gasteiger partial charge on any atom is 0.223 e. The van der Waals surface area contributed by atoms with E-state index in [1.807, 2.05) is 57.2 Å². The zero-order chi connectivity index (χ0) is 14.0. The molecule has 0 spiro atoms. The first-order chi connectivity index (χ1) is 8.65. The summed E-state index contributed by atoms with van der Waals surface area (Å²) in [6, 6.07) is 9.93. The largest absolute Gasteiger partial charge is 0.312 e. The van der Waals surface area contributed by atoms with Gasteiger partial charge in [0.15, 0.2) is 0 Å². The van der Waals surface area contributed by atoms with Crippen LogP contribution in [0.1, 0.15) is 33.3 Å². The minimum absolute atomic E-state index is 0.0412. The highest BCUT2D eigenvalue weighted by atomic mass is 16.2. The van der Waals surface area contributed by atoms with Crippen LogP contribution in [0.15, 0.2) is 54.8 Å². The van der Waals surface area contributed by atoms with E-state index < -0.39 is 0 Å². The number of rotatable bonds is 4. The molecule has 0 unspecified atom stereocenters. The average Bonchev–Trinajstić information content (AvgIpc) is 2.39. The minimum Gasteiger partial charge on any atom is -0.312 e. The zero-order valence-corrected chi connectivity index (χ0v) is 11.8.